The van der Waals surface area contributed by atoms with Gasteiger partial charge in [0, 0.05) is 28.1 Å². The minimum absolute atomic E-state index is 0.258. The molecule has 0 aliphatic heterocycles. The Morgan fingerprint density at radius 1 is 1.00 bits per heavy atom. The zero-order valence-corrected chi connectivity index (χ0v) is 12.2. The van der Waals surface area contributed by atoms with Gasteiger partial charge >= 0.3 is 0 Å². The number of likely N-dealkylation sites (N-methyl/N-ethyl adjacent to an activating group) is 2. The van der Waals surface area contributed by atoms with E-state index in [2.05, 4.69) is 5.32 Å². The lowest BCUT2D eigenvalue weighted by molar-refractivity contribution is -0.145. The predicted octanol–water partition coefficient (Wildman–Crippen LogP) is -0.985. The van der Waals surface area contributed by atoms with Crippen LogP contribution in [-0.4, -0.2) is 66.5 Å². The second-order valence-corrected chi connectivity index (χ2v) is 4.60. The summed E-state index contributed by atoms with van der Waals surface area (Å²) in [5, 5.41) is 2.42. The minimum Gasteiger partial charge on any atom is -0.344 e. The second-order valence-electron chi connectivity index (χ2n) is 4.60. The van der Waals surface area contributed by atoms with E-state index in [-0.39, 0.29) is 5.91 Å². The molecule has 7 nitrogen and oxygen atoms in total. The molecule has 0 bridgehead atoms. The highest BCUT2D eigenvalue weighted by molar-refractivity contribution is 6.38. The average Bonchev–Trinajstić information content (AvgIpc) is 2.34. The molecule has 3 amide bonds. The molecule has 0 radical (unpaired) electrons. The lowest BCUT2D eigenvalue weighted by Gasteiger charge is -2.24. The molecule has 19 heavy (non-hydrogen) atoms. The van der Waals surface area contributed by atoms with Crippen LogP contribution in [0.4, 0.5) is 0 Å². The Kier molecular flexibility index (Phi) is 6.17. The third-order valence-electron chi connectivity index (χ3n) is 2.83. The number of hydrogen-bond donors (Lipinski definition) is 1. The van der Waals surface area contributed by atoms with E-state index in [1.54, 1.807) is 6.92 Å². The third-order valence-corrected chi connectivity index (χ3v) is 2.83. The summed E-state index contributed by atoms with van der Waals surface area (Å²) in [6.07, 6.45) is 0. The first-order valence-corrected chi connectivity index (χ1v) is 5.88. The number of Topliss-reactive ketones (excluding diaryl/α,β-unsaturated/α-hetero) is 1. The van der Waals surface area contributed by atoms with Crippen molar-refractivity contribution in [2.24, 2.45) is 0 Å². The molecule has 2 atom stereocenters. The van der Waals surface area contributed by atoms with E-state index in [1.165, 1.54) is 39.9 Å². The Labute approximate surface area is 112 Å². The molecular weight excluding hydrogens is 250 g/mol. The zero-order chi connectivity index (χ0) is 15.3. The van der Waals surface area contributed by atoms with Gasteiger partial charge < -0.3 is 15.1 Å². The lowest BCUT2D eigenvalue weighted by Crippen LogP contribution is -2.51. The van der Waals surface area contributed by atoms with Gasteiger partial charge in [-0.15, -0.1) is 0 Å². The van der Waals surface area contributed by atoms with E-state index in [9.17, 15) is 19.2 Å². The summed E-state index contributed by atoms with van der Waals surface area (Å²) in [7, 11) is 4.41. The number of amides is 3. The van der Waals surface area contributed by atoms with Crippen LogP contribution < -0.4 is 5.32 Å². The van der Waals surface area contributed by atoms with Crippen molar-refractivity contribution >= 4 is 23.5 Å². The van der Waals surface area contributed by atoms with Crippen LogP contribution in [0.3, 0.4) is 0 Å². The molecule has 0 aromatic rings. The van der Waals surface area contributed by atoms with Crippen molar-refractivity contribution in [3.05, 3.63) is 0 Å². The van der Waals surface area contributed by atoms with Crippen LogP contribution in [-0.2, 0) is 19.2 Å². The number of carbonyl (C=O) groups excluding carboxylic acids is 4. The number of nitrogens with one attached hydrogen (secondary N) is 1. The maximum atomic E-state index is 11.8. The first kappa shape index (κ1) is 17.1. The van der Waals surface area contributed by atoms with Gasteiger partial charge in [0.1, 0.15) is 6.04 Å². The van der Waals surface area contributed by atoms with Gasteiger partial charge in [-0.25, -0.2) is 0 Å². The molecule has 2 unspecified atom stereocenters. The molecule has 0 saturated carbocycles. The van der Waals surface area contributed by atoms with Crippen molar-refractivity contribution in [3.8, 4) is 0 Å². The second kappa shape index (κ2) is 6.86. The Hall–Kier alpha value is -1.92. The van der Waals surface area contributed by atoms with Gasteiger partial charge in [0.2, 0.25) is 17.6 Å². The van der Waals surface area contributed by atoms with Crippen molar-refractivity contribution < 1.29 is 19.2 Å². The van der Waals surface area contributed by atoms with Crippen molar-refractivity contribution in [3.63, 3.8) is 0 Å². The molecular formula is C12H21N3O4. The monoisotopic (exact) mass is 271 g/mol. The van der Waals surface area contributed by atoms with Gasteiger partial charge in [0.05, 0.1) is 6.04 Å². The normalized spacial score (nSPS) is 13.2. The van der Waals surface area contributed by atoms with Gasteiger partial charge in [-0.05, 0) is 13.8 Å². The molecule has 0 spiro atoms. The number of hydrogen-bond acceptors (Lipinski definition) is 4. The highest BCUT2D eigenvalue weighted by Gasteiger charge is 2.27. The maximum absolute atomic E-state index is 11.8. The summed E-state index contributed by atoms with van der Waals surface area (Å²) < 4.78 is 0. The van der Waals surface area contributed by atoms with Crippen LogP contribution in [0.5, 0.6) is 0 Å². The van der Waals surface area contributed by atoms with E-state index >= 15 is 0 Å². The summed E-state index contributed by atoms with van der Waals surface area (Å²) in [5.74, 6) is -2.12. The molecule has 7 heteroatoms. The van der Waals surface area contributed by atoms with Crippen LogP contribution in [0.15, 0.2) is 0 Å². The number of ketones is 1. The quantitative estimate of drug-likeness (QED) is 0.651. The molecule has 0 fully saturated rings. The van der Waals surface area contributed by atoms with E-state index in [0.717, 1.165) is 4.90 Å². The maximum Gasteiger partial charge on any atom is 0.291 e. The molecule has 0 heterocycles. The van der Waals surface area contributed by atoms with Crippen molar-refractivity contribution in [2.75, 3.05) is 21.1 Å². The molecule has 0 aromatic carbocycles. The average molecular weight is 271 g/mol. The van der Waals surface area contributed by atoms with E-state index in [0.29, 0.717) is 0 Å². The third kappa shape index (κ3) is 4.69. The Morgan fingerprint density at radius 2 is 1.47 bits per heavy atom. The molecule has 0 aromatic heterocycles. The first-order chi connectivity index (χ1) is 8.59. The number of rotatable bonds is 5. The summed E-state index contributed by atoms with van der Waals surface area (Å²) >= 11 is 0. The van der Waals surface area contributed by atoms with Gasteiger partial charge in [0.15, 0.2) is 0 Å². The van der Waals surface area contributed by atoms with Gasteiger partial charge in [-0.3, -0.25) is 19.2 Å². The minimum atomic E-state index is -0.926. The fourth-order valence-corrected chi connectivity index (χ4v) is 1.25. The molecule has 1 N–H and O–H groups in total. The highest BCUT2D eigenvalue weighted by Crippen LogP contribution is 1.98. The van der Waals surface area contributed by atoms with Gasteiger partial charge in [0.25, 0.3) is 5.91 Å². The zero-order valence-electron chi connectivity index (χ0n) is 12.2. The molecule has 0 aliphatic carbocycles. The Morgan fingerprint density at radius 3 is 1.84 bits per heavy atom. The fourth-order valence-electron chi connectivity index (χ4n) is 1.25. The summed E-state index contributed by atoms with van der Waals surface area (Å²) in [6.45, 7) is 4.32. The van der Waals surface area contributed by atoms with Crippen LogP contribution in [0.2, 0.25) is 0 Å². The van der Waals surface area contributed by atoms with E-state index < -0.39 is 29.7 Å². The fraction of sp³-hybridized carbons (Fsp3) is 0.667. The van der Waals surface area contributed by atoms with Crippen LogP contribution in [0, 0.1) is 0 Å². The number of nitrogens with zero attached hydrogens (tertiary/aromatic N) is 2. The lowest BCUT2D eigenvalue weighted by atomic mass is 10.1. The Balaban J connectivity index is 4.61. The van der Waals surface area contributed by atoms with Gasteiger partial charge in [-0.2, -0.15) is 0 Å². The molecule has 108 valence electrons. The summed E-state index contributed by atoms with van der Waals surface area (Å²) in [6, 6.07) is -1.63. The molecule has 0 rings (SSSR count). The van der Waals surface area contributed by atoms with E-state index in [1.807, 2.05) is 0 Å². The van der Waals surface area contributed by atoms with Crippen molar-refractivity contribution in [1.29, 1.82) is 0 Å². The van der Waals surface area contributed by atoms with Crippen molar-refractivity contribution in [1.82, 2.24) is 15.1 Å². The number of carbonyl (C=O) groups is 4. The van der Waals surface area contributed by atoms with E-state index in [4.69, 9.17) is 0 Å². The molecule has 0 saturated heterocycles. The topological polar surface area (TPSA) is 86.8 Å². The summed E-state index contributed by atoms with van der Waals surface area (Å²) in [4.78, 5) is 48.4. The SMILES string of the molecule is CC(=O)N(C)C(C)C(=O)NC(C)C(=O)C(=O)N(C)C. The van der Waals surface area contributed by atoms with Crippen LogP contribution in [0.1, 0.15) is 20.8 Å². The van der Waals surface area contributed by atoms with Gasteiger partial charge in [-0.1, -0.05) is 0 Å². The molecule has 0 aliphatic rings. The largest absolute Gasteiger partial charge is 0.344 e. The predicted molar refractivity (Wildman–Crippen MR) is 69.2 cm³/mol. The van der Waals surface area contributed by atoms with Crippen LogP contribution in [0.25, 0.3) is 0 Å². The summed E-state index contributed by atoms with van der Waals surface area (Å²) in [5.41, 5.74) is 0. The smallest absolute Gasteiger partial charge is 0.291 e. The van der Waals surface area contributed by atoms with Crippen molar-refractivity contribution in [2.45, 2.75) is 32.9 Å². The first-order valence-electron chi connectivity index (χ1n) is 5.88. The standard InChI is InChI=1S/C12H21N3O4/c1-7(10(17)12(19)14(4)5)13-11(18)8(2)15(6)9(3)16/h7-8H,1-6H3,(H,13,18). The Bertz CT molecular complexity index is 392. The van der Waals surface area contributed by atoms with Crippen LogP contribution >= 0.6 is 0 Å². The highest BCUT2D eigenvalue weighted by atomic mass is 16.2.